The molecule has 0 radical (unpaired) electrons. The van der Waals surface area contributed by atoms with Gasteiger partial charge in [0, 0.05) is 4.92 Å². The molecule has 0 spiro atoms. The lowest BCUT2D eigenvalue weighted by molar-refractivity contribution is -0.485. The second-order valence-corrected chi connectivity index (χ2v) is 4.93. The molecule has 17 heavy (non-hydrogen) atoms. The second-order valence-electron chi connectivity index (χ2n) is 4.93. The quantitative estimate of drug-likeness (QED) is 0.588. The zero-order chi connectivity index (χ0) is 12.1. The Balaban J connectivity index is 2.15. The molecular formula is C14H19NO2. The Morgan fingerprint density at radius 1 is 1.18 bits per heavy atom. The summed E-state index contributed by atoms with van der Waals surface area (Å²) in [7, 11) is 0. The summed E-state index contributed by atoms with van der Waals surface area (Å²) in [5.41, 5.74) is 1.14. The summed E-state index contributed by atoms with van der Waals surface area (Å²) in [6.07, 6.45) is 6.04. The van der Waals surface area contributed by atoms with Crippen LogP contribution in [0, 0.1) is 16.0 Å². The van der Waals surface area contributed by atoms with E-state index >= 15 is 0 Å². The smallest absolute Gasteiger partial charge is 0.210 e. The molecule has 3 nitrogen and oxygen atoms in total. The number of hydrogen-bond donors (Lipinski definition) is 0. The third kappa shape index (κ3) is 3.29. The van der Waals surface area contributed by atoms with E-state index in [-0.39, 0.29) is 17.4 Å². The predicted octanol–water partition coefficient (Wildman–Crippen LogP) is 3.63. The fraction of sp³-hybridized carbons (Fsp3) is 0.571. The van der Waals surface area contributed by atoms with Crippen molar-refractivity contribution in [2.45, 2.75) is 38.0 Å². The van der Waals surface area contributed by atoms with E-state index in [4.69, 9.17) is 0 Å². The van der Waals surface area contributed by atoms with Gasteiger partial charge >= 0.3 is 0 Å². The molecule has 1 aliphatic rings. The fourth-order valence-corrected chi connectivity index (χ4v) is 2.92. The molecule has 0 N–H and O–H groups in total. The molecule has 1 atom stereocenters. The lowest BCUT2D eigenvalue weighted by Crippen LogP contribution is -2.23. The van der Waals surface area contributed by atoms with Crippen molar-refractivity contribution in [3.05, 3.63) is 46.0 Å². The fourth-order valence-electron chi connectivity index (χ4n) is 2.92. The van der Waals surface area contributed by atoms with Crippen LogP contribution in [0.2, 0.25) is 0 Å². The van der Waals surface area contributed by atoms with Gasteiger partial charge in [-0.3, -0.25) is 10.1 Å². The molecule has 0 heterocycles. The summed E-state index contributed by atoms with van der Waals surface area (Å²) < 4.78 is 0. The number of nitro groups is 1. The molecule has 0 saturated heterocycles. The Bertz CT molecular complexity index is 358. The highest BCUT2D eigenvalue weighted by atomic mass is 16.6. The van der Waals surface area contributed by atoms with Crippen molar-refractivity contribution < 1.29 is 4.92 Å². The van der Waals surface area contributed by atoms with Crippen LogP contribution in [0.15, 0.2) is 30.3 Å². The molecule has 0 aliphatic heterocycles. The monoisotopic (exact) mass is 233 g/mol. The molecule has 3 heteroatoms. The van der Waals surface area contributed by atoms with Gasteiger partial charge in [-0.2, -0.15) is 0 Å². The van der Waals surface area contributed by atoms with Gasteiger partial charge in [-0.15, -0.1) is 0 Å². The van der Waals surface area contributed by atoms with Crippen molar-refractivity contribution in [1.82, 2.24) is 0 Å². The van der Waals surface area contributed by atoms with Crippen LogP contribution in [-0.4, -0.2) is 11.5 Å². The molecule has 0 amide bonds. The molecule has 1 aromatic carbocycles. The van der Waals surface area contributed by atoms with Crippen molar-refractivity contribution in [1.29, 1.82) is 0 Å². The Hall–Kier alpha value is -1.38. The summed E-state index contributed by atoms with van der Waals surface area (Å²) in [6, 6.07) is 9.98. The maximum absolute atomic E-state index is 10.8. The van der Waals surface area contributed by atoms with E-state index in [0.29, 0.717) is 5.92 Å². The first kappa shape index (κ1) is 12.1. The van der Waals surface area contributed by atoms with Crippen LogP contribution in [0.4, 0.5) is 0 Å². The average Bonchev–Trinajstić information content (AvgIpc) is 2.38. The molecule has 2 rings (SSSR count). The largest absolute Gasteiger partial charge is 0.265 e. The molecule has 0 aromatic heterocycles. The minimum absolute atomic E-state index is 0.0781. The molecule has 0 bridgehead atoms. The Morgan fingerprint density at radius 3 is 2.41 bits per heavy atom. The van der Waals surface area contributed by atoms with Crippen LogP contribution in [-0.2, 0) is 0 Å². The summed E-state index contributed by atoms with van der Waals surface area (Å²) >= 11 is 0. The Labute approximate surface area is 102 Å². The topological polar surface area (TPSA) is 43.1 Å². The number of rotatable bonds is 4. The Morgan fingerprint density at radius 2 is 1.82 bits per heavy atom. The second kappa shape index (κ2) is 5.80. The third-order valence-corrected chi connectivity index (χ3v) is 3.79. The summed E-state index contributed by atoms with van der Waals surface area (Å²) in [6.45, 7) is 0.0781. The Kier molecular flexibility index (Phi) is 4.13. The van der Waals surface area contributed by atoms with Gasteiger partial charge in [-0.1, -0.05) is 49.6 Å². The number of benzene rings is 1. The highest BCUT2D eigenvalue weighted by Crippen LogP contribution is 2.36. The van der Waals surface area contributed by atoms with E-state index in [0.717, 1.165) is 18.4 Å². The first-order valence-corrected chi connectivity index (χ1v) is 6.44. The highest BCUT2D eigenvalue weighted by molar-refractivity contribution is 5.20. The SMILES string of the molecule is O=[N+]([O-])CC(c1ccccc1)C1CCCCC1. The van der Waals surface area contributed by atoms with Crippen molar-refractivity contribution >= 4 is 0 Å². The van der Waals surface area contributed by atoms with E-state index in [1.807, 2.05) is 30.3 Å². The van der Waals surface area contributed by atoms with Crippen molar-refractivity contribution in [2.24, 2.45) is 5.92 Å². The van der Waals surface area contributed by atoms with Crippen LogP contribution < -0.4 is 0 Å². The van der Waals surface area contributed by atoms with Gasteiger partial charge < -0.3 is 0 Å². The average molecular weight is 233 g/mol. The zero-order valence-corrected chi connectivity index (χ0v) is 10.0. The van der Waals surface area contributed by atoms with Crippen LogP contribution in [0.1, 0.15) is 43.6 Å². The van der Waals surface area contributed by atoms with Gasteiger partial charge in [-0.25, -0.2) is 0 Å². The normalized spacial score (nSPS) is 18.8. The van der Waals surface area contributed by atoms with Crippen LogP contribution in [0.25, 0.3) is 0 Å². The molecule has 92 valence electrons. The van der Waals surface area contributed by atoms with E-state index in [2.05, 4.69) is 0 Å². The van der Waals surface area contributed by atoms with Gasteiger partial charge in [0.15, 0.2) is 0 Å². The van der Waals surface area contributed by atoms with E-state index in [1.165, 1.54) is 19.3 Å². The van der Waals surface area contributed by atoms with Crippen LogP contribution in [0.3, 0.4) is 0 Å². The van der Waals surface area contributed by atoms with Gasteiger partial charge in [0.2, 0.25) is 6.54 Å². The minimum atomic E-state index is -0.160. The predicted molar refractivity (Wildman–Crippen MR) is 67.6 cm³/mol. The maximum atomic E-state index is 10.8. The molecular weight excluding hydrogens is 214 g/mol. The standard InChI is InChI=1S/C14H19NO2/c16-15(17)11-14(12-7-3-1-4-8-12)13-9-5-2-6-10-13/h1,3-4,7-8,13-14H,2,5-6,9-11H2. The maximum Gasteiger partial charge on any atom is 0.210 e. The van der Waals surface area contributed by atoms with Crippen LogP contribution in [0.5, 0.6) is 0 Å². The molecule has 1 unspecified atom stereocenters. The van der Waals surface area contributed by atoms with Crippen molar-refractivity contribution in [2.75, 3.05) is 6.54 Å². The first-order chi connectivity index (χ1) is 8.27. The lowest BCUT2D eigenvalue weighted by atomic mass is 9.77. The van der Waals surface area contributed by atoms with E-state index < -0.39 is 0 Å². The highest BCUT2D eigenvalue weighted by Gasteiger charge is 2.28. The lowest BCUT2D eigenvalue weighted by Gasteiger charge is -2.28. The number of nitrogens with zero attached hydrogens (tertiary/aromatic N) is 1. The van der Waals surface area contributed by atoms with E-state index in [9.17, 15) is 10.1 Å². The molecule has 1 saturated carbocycles. The zero-order valence-electron chi connectivity index (χ0n) is 10.0. The third-order valence-electron chi connectivity index (χ3n) is 3.79. The molecule has 1 aliphatic carbocycles. The molecule has 1 fully saturated rings. The summed E-state index contributed by atoms with van der Waals surface area (Å²) in [4.78, 5) is 10.7. The van der Waals surface area contributed by atoms with Gasteiger partial charge in [0.25, 0.3) is 0 Å². The van der Waals surface area contributed by atoms with Crippen molar-refractivity contribution in [3.63, 3.8) is 0 Å². The molecule has 1 aromatic rings. The summed E-state index contributed by atoms with van der Waals surface area (Å²) in [5, 5.41) is 10.8. The van der Waals surface area contributed by atoms with Crippen LogP contribution >= 0.6 is 0 Å². The minimum Gasteiger partial charge on any atom is -0.265 e. The van der Waals surface area contributed by atoms with Gasteiger partial charge in [0.05, 0.1) is 5.92 Å². The van der Waals surface area contributed by atoms with Gasteiger partial charge in [0.1, 0.15) is 0 Å². The first-order valence-electron chi connectivity index (χ1n) is 6.44. The van der Waals surface area contributed by atoms with Crippen molar-refractivity contribution in [3.8, 4) is 0 Å². The summed E-state index contributed by atoms with van der Waals surface area (Å²) in [5.74, 6) is 0.600. The number of hydrogen-bond acceptors (Lipinski definition) is 2. The van der Waals surface area contributed by atoms with E-state index in [1.54, 1.807) is 0 Å². The van der Waals surface area contributed by atoms with Gasteiger partial charge in [-0.05, 0) is 24.3 Å².